The normalized spacial score (nSPS) is 17.3. The smallest absolute Gasteiger partial charge is 0.248 e. The van der Waals surface area contributed by atoms with E-state index in [2.05, 4.69) is 0 Å². The molecule has 0 radical (unpaired) electrons. The van der Waals surface area contributed by atoms with Crippen molar-refractivity contribution in [1.82, 2.24) is 4.90 Å². The molecule has 0 N–H and O–H groups in total. The summed E-state index contributed by atoms with van der Waals surface area (Å²) in [5.74, 6) is -0.355. The van der Waals surface area contributed by atoms with Gasteiger partial charge in [-0.3, -0.25) is 14.5 Å². The third-order valence-electron chi connectivity index (χ3n) is 3.66. The predicted octanol–water partition coefficient (Wildman–Crippen LogP) is 1.18. The van der Waals surface area contributed by atoms with Crippen molar-refractivity contribution in [2.75, 3.05) is 25.0 Å². The van der Waals surface area contributed by atoms with E-state index >= 15 is 0 Å². The first-order chi connectivity index (χ1) is 9.54. The number of amides is 2. The van der Waals surface area contributed by atoms with Crippen molar-refractivity contribution < 1.29 is 14.4 Å². The standard InChI is InChI=1S/C15H18N2O3/c1-11(7-8-18)12-5-3-4-6-13(12)17-9-14(19)16(2)15(20)10-17/h3-6,8,11H,7,9-10H2,1-2H3. The van der Waals surface area contributed by atoms with Gasteiger partial charge in [0.15, 0.2) is 0 Å². The number of aldehydes is 1. The van der Waals surface area contributed by atoms with E-state index in [1.165, 1.54) is 7.05 Å². The highest BCUT2D eigenvalue weighted by Crippen LogP contribution is 2.29. The maximum Gasteiger partial charge on any atom is 0.248 e. The molecule has 2 amide bonds. The molecule has 1 fully saturated rings. The Kier molecular flexibility index (Phi) is 4.17. The van der Waals surface area contributed by atoms with Gasteiger partial charge in [-0.15, -0.1) is 0 Å². The molecule has 1 saturated heterocycles. The summed E-state index contributed by atoms with van der Waals surface area (Å²) in [7, 11) is 1.50. The Balaban J connectivity index is 2.31. The first-order valence-electron chi connectivity index (χ1n) is 6.61. The number of hydrogen-bond acceptors (Lipinski definition) is 4. The number of imide groups is 1. The van der Waals surface area contributed by atoms with Crippen LogP contribution in [0.2, 0.25) is 0 Å². The van der Waals surface area contributed by atoms with Crippen LogP contribution in [-0.4, -0.2) is 43.1 Å². The minimum atomic E-state index is -0.209. The number of hydrogen-bond donors (Lipinski definition) is 0. The van der Waals surface area contributed by atoms with Gasteiger partial charge in [0.1, 0.15) is 6.29 Å². The summed E-state index contributed by atoms with van der Waals surface area (Å²) in [6.07, 6.45) is 1.31. The molecule has 1 aliphatic rings. The lowest BCUT2D eigenvalue weighted by molar-refractivity contribution is -0.143. The summed E-state index contributed by atoms with van der Waals surface area (Å²) in [4.78, 5) is 37.2. The van der Waals surface area contributed by atoms with E-state index in [9.17, 15) is 14.4 Å². The van der Waals surface area contributed by atoms with Gasteiger partial charge in [0.05, 0.1) is 13.1 Å². The van der Waals surface area contributed by atoms with Gasteiger partial charge in [-0.2, -0.15) is 0 Å². The number of para-hydroxylation sites is 1. The molecule has 1 atom stereocenters. The van der Waals surface area contributed by atoms with Crippen LogP contribution < -0.4 is 4.90 Å². The fourth-order valence-corrected chi connectivity index (χ4v) is 2.37. The quantitative estimate of drug-likeness (QED) is 0.611. The molecule has 0 bridgehead atoms. The van der Waals surface area contributed by atoms with E-state index in [4.69, 9.17) is 0 Å². The van der Waals surface area contributed by atoms with Crippen molar-refractivity contribution in [2.45, 2.75) is 19.3 Å². The van der Waals surface area contributed by atoms with E-state index < -0.39 is 0 Å². The van der Waals surface area contributed by atoms with E-state index in [-0.39, 0.29) is 30.8 Å². The van der Waals surface area contributed by atoms with Crippen molar-refractivity contribution in [3.05, 3.63) is 29.8 Å². The van der Waals surface area contributed by atoms with Crippen LogP contribution in [-0.2, 0) is 14.4 Å². The van der Waals surface area contributed by atoms with Gasteiger partial charge >= 0.3 is 0 Å². The largest absolute Gasteiger partial charge is 0.353 e. The van der Waals surface area contributed by atoms with Gasteiger partial charge < -0.3 is 9.69 Å². The lowest BCUT2D eigenvalue weighted by atomic mass is 9.96. The van der Waals surface area contributed by atoms with Crippen molar-refractivity contribution in [2.24, 2.45) is 0 Å². The summed E-state index contributed by atoms with van der Waals surface area (Å²) in [6.45, 7) is 2.34. The Bertz CT molecular complexity index is 524. The summed E-state index contributed by atoms with van der Waals surface area (Å²) in [5, 5.41) is 0. The SMILES string of the molecule is CC(CC=O)c1ccccc1N1CC(=O)N(C)C(=O)C1. The highest BCUT2D eigenvalue weighted by Gasteiger charge is 2.29. The molecule has 20 heavy (non-hydrogen) atoms. The Morgan fingerprint density at radius 2 is 1.80 bits per heavy atom. The van der Waals surface area contributed by atoms with Crippen LogP contribution in [0.1, 0.15) is 24.8 Å². The molecule has 1 aromatic carbocycles. The van der Waals surface area contributed by atoms with Gasteiger partial charge in [0, 0.05) is 19.2 Å². The lowest BCUT2D eigenvalue weighted by Crippen LogP contribution is -2.52. The molecule has 0 aromatic heterocycles. The van der Waals surface area contributed by atoms with Crippen LogP contribution >= 0.6 is 0 Å². The second-order valence-electron chi connectivity index (χ2n) is 5.06. The Hall–Kier alpha value is -2.17. The molecule has 1 aromatic rings. The molecular weight excluding hydrogens is 256 g/mol. The minimum absolute atomic E-state index is 0.0635. The Labute approximate surface area is 118 Å². The van der Waals surface area contributed by atoms with E-state index in [1.807, 2.05) is 31.2 Å². The molecule has 0 spiro atoms. The summed E-state index contributed by atoms with van der Waals surface area (Å²) < 4.78 is 0. The summed E-state index contributed by atoms with van der Waals surface area (Å²) in [5.41, 5.74) is 1.85. The molecular formula is C15H18N2O3. The van der Waals surface area contributed by atoms with E-state index in [0.29, 0.717) is 6.42 Å². The molecule has 0 saturated carbocycles. The molecule has 1 unspecified atom stereocenters. The minimum Gasteiger partial charge on any atom is -0.353 e. The highest BCUT2D eigenvalue weighted by molar-refractivity contribution is 6.02. The van der Waals surface area contributed by atoms with Crippen molar-refractivity contribution in [1.29, 1.82) is 0 Å². The number of rotatable bonds is 4. The number of likely N-dealkylation sites (N-methyl/N-ethyl adjacent to an activating group) is 1. The average Bonchev–Trinajstić information content (AvgIpc) is 2.44. The molecule has 1 aliphatic heterocycles. The third-order valence-corrected chi connectivity index (χ3v) is 3.66. The van der Waals surface area contributed by atoms with Crippen LogP contribution in [0.3, 0.4) is 0 Å². The molecule has 106 valence electrons. The predicted molar refractivity (Wildman–Crippen MR) is 75.5 cm³/mol. The maximum absolute atomic E-state index is 11.8. The first kappa shape index (κ1) is 14.2. The number of nitrogens with zero attached hydrogens (tertiary/aromatic N) is 2. The fourth-order valence-electron chi connectivity index (χ4n) is 2.37. The zero-order valence-electron chi connectivity index (χ0n) is 11.7. The fraction of sp³-hybridized carbons (Fsp3) is 0.400. The van der Waals surface area contributed by atoms with E-state index in [0.717, 1.165) is 22.4 Å². The Morgan fingerprint density at radius 1 is 1.20 bits per heavy atom. The van der Waals surface area contributed by atoms with Crippen LogP contribution in [0.25, 0.3) is 0 Å². The van der Waals surface area contributed by atoms with Crippen LogP contribution in [0.15, 0.2) is 24.3 Å². The molecule has 0 aliphatic carbocycles. The van der Waals surface area contributed by atoms with Gasteiger partial charge in [-0.05, 0) is 17.5 Å². The van der Waals surface area contributed by atoms with Gasteiger partial charge in [0.25, 0.3) is 0 Å². The van der Waals surface area contributed by atoms with Crippen molar-refractivity contribution >= 4 is 23.8 Å². The molecule has 5 nitrogen and oxygen atoms in total. The lowest BCUT2D eigenvalue weighted by Gasteiger charge is -2.33. The van der Waals surface area contributed by atoms with Crippen molar-refractivity contribution in [3.8, 4) is 0 Å². The zero-order valence-corrected chi connectivity index (χ0v) is 11.7. The molecule has 1 heterocycles. The zero-order chi connectivity index (χ0) is 14.7. The number of carbonyl (C=O) groups is 3. The number of piperazine rings is 1. The number of anilines is 1. The van der Waals surface area contributed by atoms with Gasteiger partial charge in [-0.25, -0.2) is 0 Å². The summed E-state index contributed by atoms with van der Waals surface area (Å²) in [6, 6.07) is 7.61. The van der Waals surface area contributed by atoms with E-state index in [1.54, 1.807) is 4.90 Å². The topological polar surface area (TPSA) is 57.7 Å². The van der Waals surface area contributed by atoms with Gasteiger partial charge in [0.2, 0.25) is 11.8 Å². The van der Waals surface area contributed by atoms with Crippen LogP contribution in [0.5, 0.6) is 0 Å². The Morgan fingerprint density at radius 3 is 2.40 bits per heavy atom. The maximum atomic E-state index is 11.8. The second-order valence-corrected chi connectivity index (χ2v) is 5.06. The van der Waals surface area contributed by atoms with Gasteiger partial charge in [-0.1, -0.05) is 25.1 Å². The average molecular weight is 274 g/mol. The number of benzene rings is 1. The van der Waals surface area contributed by atoms with Crippen molar-refractivity contribution in [3.63, 3.8) is 0 Å². The molecule has 5 heteroatoms. The van der Waals surface area contributed by atoms with Crippen LogP contribution in [0, 0.1) is 0 Å². The molecule has 2 rings (SSSR count). The highest BCUT2D eigenvalue weighted by atomic mass is 16.2. The number of carbonyl (C=O) groups excluding carboxylic acids is 3. The van der Waals surface area contributed by atoms with Crippen LogP contribution in [0.4, 0.5) is 5.69 Å². The first-order valence-corrected chi connectivity index (χ1v) is 6.61. The second kappa shape index (κ2) is 5.86. The third kappa shape index (κ3) is 2.71. The monoisotopic (exact) mass is 274 g/mol. The summed E-state index contributed by atoms with van der Waals surface area (Å²) >= 11 is 0.